The smallest absolute Gasteiger partial charge is 0.325 e. The fourth-order valence-corrected chi connectivity index (χ4v) is 3.77. The largest absolute Gasteiger partial charge is 0.480 e. The molecule has 112 valence electrons. The lowest BCUT2D eigenvalue weighted by Crippen LogP contribution is -2.28. The first-order valence-corrected chi connectivity index (χ1v) is 7.72. The molecule has 1 aliphatic heterocycles. The van der Waals surface area contributed by atoms with Crippen molar-refractivity contribution in [2.45, 2.75) is 24.3 Å². The number of hydrogen-bond acceptors (Lipinski definition) is 5. The molecule has 0 amide bonds. The van der Waals surface area contributed by atoms with Crippen LogP contribution in [0, 0.1) is 5.92 Å². The van der Waals surface area contributed by atoms with Crippen molar-refractivity contribution in [3.63, 3.8) is 0 Å². The van der Waals surface area contributed by atoms with Crippen LogP contribution in [-0.2, 0) is 21.4 Å². The van der Waals surface area contributed by atoms with Gasteiger partial charge in [-0.1, -0.05) is 0 Å². The molecule has 2 N–H and O–H groups in total. The maximum atomic E-state index is 12.3. The normalized spacial score (nSPS) is 20.4. The number of sulfonamides is 1. The van der Waals surface area contributed by atoms with Crippen LogP contribution in [0.25, 0.3) is 0 Å². The van der Waals surface area contributed by atoms with Crippen molar-refractivity contribution in [3.05, 3.63) is 12.4 Å². The molecule has 0 aliphatic carbocycles. The number of aliphatic carboxylic acids is 1. The summed E-state index contributed by atoms with van der Waals surface area (Å²) in [5, 5.41) is 21.3. The number of nitrogens with zero attached hydrogens (tertiary/aromatic N) is 3. The topological polar surface area (TPSA) is 113 Å². The summed E-state index contributed by atoms with van der Waals surface area (Å²) in [7, 11) is -3.63. The SMILES string of the molecule is O=C(O)Cn1cc(S(=O)(=O)N2CCC(CCO)C2)cn1. The Morgan fingerprint density at radius 1 is 1.50 bits per heavy atom. The van der Waals surface area contributed by atoms with Crippen LogP contribution in [0.15, 0.2) is 17.3 Å². The van der Waals surface area contributed by atoms with Gasteiger partial charge in [-0.3, -0.25) is 9.48 Å². The Morgan fingerprint density at radius 3 is 2.90 bits per heavy atom. The van der Waals surface area contributed by atoms with Crippen molar-refractivity contribution >= 4 is 16.0 Å². The van der Waals surface area contributed by atoms with Gasteiger partial charge in [-0.2, -0.15) is 9.40 Å². The molecule has 1 aromatic rings. The molecule has 0 aromatic carbocycles. The molecule has 0 spiro atoms. The van der Waals surface area contributed by atoms with Gasteiger partial charge in [-0.05, 0) is 18.8 Å². The molecule has 1 fully saturated rings. The molecule has 9 heteroatoms. The van der Waals surface area contributed by atoms with E-state index in [2.05, 4.69) is 5.10 Å². The van der Waals surface area contributed by atoms with E-state index in [0.717, 1.165) is 17.3 Å². The average Bonchev–Trinajstić information content (AvgIpc) is 2.98. The third kappa shape index (κ3) is 3.17. The summed E-state index contributed by atoms with van der Waals surface area (Å²) in [6.07, 6.45) is 3.70. The van der Waals surface area contributed by atoms with Crippen LogP contribution >= 0.6 is 0 Å². The van der Waals surface area contributed by atoms with Gasteiger partial charge in [0.15, 0.2) is 0 Å². The highest BCUT2D eigenvalue weighted by atomic mass is 32.2. The summed E-state index contributed by atoms with van der Waals surface area (Å²) >= 11 is 0. The molecule has 1 atom stereocenters. The second-order valence-electron chi connectivity index (χ2n) is 4.80. The number of rotatable bonds is 6. The lowest BCUT2D eigenvalue weighted by atomic mass is 10.1. The van der Waals surface area contributed by atoms with Gasteiger partial charge in [0.2, 0.25) is 10.0 Å². The molecule has 0 bridgehead atoms. The van der Waals surface area contributed by atoms with Crippen molar-refractivity contribution in [1.82, 2.24) is 14.1 Å². The fourth-order valence-electron chi connectivity index (χ4n) is 2.29. The third-order valence-electron chi connectivity index (χ3n) is 3.33. The van der Waals surface area contributed by atoms with Gasteiger partial charge in [0, 0.05) is 25.9 Å². The second kappa shape index (κ2) is 5.90. The predicted molar refractivity (Wildman–Crippen MR) is 68.4 cm³/mol. The lowest BCUT2D eigenvalue weighted by molar-refractivity contribution is -0.137. The first-order valence-electron chi connectivity index (χ1n) is 6.28. The Bertz CT molecular complexity index is 583. The molecule has 20 heavy (non-hydrogen) atoms. The van der Waals surface area contributed by atoms with Gasteiger partial charge in [-0.15, -0.1) is 0 Å². The second-order valence-corrected chi connectivity index (χ2v) is 6.74. The summed E-state index contributed by atoms with van der Waals surface area (Å²) in [4.78, 5) is 10.6. The third-order valence-corrected chi connectivity index (χ3v) is 5.15. The van der Waals surface area contributed by atoms with E-state index in [9.17, 15) is 13.2 Å². The molecule has 2 rings (SSSR count). The number of aliphatic hydroxyl groups excluding tert-OH is 1. The van der Waals surface area contributed by atoms with Crippen LogP contribution in [0.5, 0.6) is 0 Å². The number of carboxylic acid groups (broad SMARTS) is 1. The maximum Gasteiger partial charge on any atom is 0.325 e. The standard InChI is InChI=1S/C11H17N3O5S/c15-4-2-9-1-3-14(6-9)20(18,19)10-5-12-13(7-10)8-11(16)17/h5,7,9,15H,1-4,6,8H2,(H,16,17). The number of aromatic nitrogens is 2. The zero-order valence-corrected chi connectivity index (χ0v) is 11.7. The van der Waals surface area contributed by atoms with Gasteiger partial charge in [-0.25, -0.2) is 8.42 Å². The van der Waals surface area contributed by atoms with Crippen LogP contribution in [0.4, 0.5) is 0 Å². The van der Waals surface area contributed by atoms with Gasteiger partial charge in [0.05, 0.1) is 6.20 Å². The van der Waals surface area contributed by atoms with Crippen molar-refractivity contribution < 1.29 is 23.4 Å². The van der Waals surface area contributed by atoms with E-state index >= 15 is 0 Å². The molecule has 2 heterocycles. The zero-order valence-electron chi connectivity index (χ0n) is 10.8. The molecular formula is C11H17N3O5S. The van der Waals surface area contributed by atoms with Gasteiger partial charge < -0.3 is 10.2 Å². The summed E-state index contributed by atoms with van der Waals surface area (Å²) < 4.78 is 27.1. The van der Waals surface area contributed by atoms with E-state index in [-0.39, 0.29) is 24.0 Å². The van der Waals surface area contributed by atoms with E-state index in [1.54, 1.807) is 0 Å². The molecule has 0 saturated carbocycles. The van der Waals surface area contributed by atoms with Crippen LogP contribution in [0.1, 0.15) is 12.8 Å². The Morgan fingerprint density at radius 2 is 2.25 bits per heavy atom. The quantitative estimate of drug-likeness (QED) is 0.723. The Kier molecular flexibility index (Phi) is 4.41. The van der Waals surface area contributed by atoms with Gasteiger partial charge in [0.1, 0.15) is 11.4 Å². The molecule has 1 saturated heterocycles. The summed E-state index contributed by atoms with van der Waals surface area (Å²) in [5.74, 6) is -0.912. The molecule has 1 aliphatic rings. The predicted octanol–water partition coefficient (Wildman–Crippen LogP) is -0.639. The van der Waals surface area contributed by atoms with Crippen LogP contribution in [-0.4, -0.2) is 58.4 Å². The van der Waals surface area contributed by atoms with E-state index < -0.39 is 16.0 Å². The van der Waals surface area contributed by atoms with Gasteiger partial charge in [0.25, 0.3) is 0 Å². The minimum atomic E-state index is -3.63. The van der Waals surface area contributed by atoms with Crippen molar-refractivity contribution in [1.29, 1.82) is 0 Å². The summed E-state index contributed by atoms with van der Waals surface area (Å²) in [6.45, 7) is 0.474. The summed E-state index contributed by atoms with van der Waals surface area (Å²) in [6, 6.07) is 0. The minimum Gasteiger partial charge on any atom is -0.480 e. The first-order chi connectivity index (χ1) is 9.43. The molecule has 0 radical (unpaired) electrons. The zero-order chi connectivity index (χ0) is 14.8. The number of carbonyl (C=O) groups is 1. The average molecular weight is 303 g/mol. The molecular weight excluding hydrogens is 286 g/mol. The van der Waals surface area contributed by atoms with E-state index in [1.807, 2.05) is 0 Å². The number of aliphatic hydroxyl groups is 1. The van der Waals surface area contributed by atoms with E-state index in [0.29, 0.717) is 19.5 Å². The van der Waals surface area contributed by atoms with Crippen molar-refractivity contribution in [2.75, 3.05) is 19.7 Å². The Hall–Kier alpha value is -1.45. The van der Waals surface area contributed by atoms with Crippen molar-refractivity contribution in [3.8, 4) is 0 Å². The first kappa shape index (κ1) is 14.9. The fraction of sp³-hybridized carbons (Fsp3) is 0.636. The minimum absolute atomic E-state index is 0.00315. The molecule has 1 aromatic heterocycles. The van der Waals surface area contributed by atoms with Gasteiger partial charge >= 0.3 is 5.97 Å². The highest BCUT2D eigenvalue weighted by Crippen LogP contribution is 2.25. The highest BCUT2D eigenvalue weighted by Gasteiger charge is 2.33. The van der Waals surface area contributed by atoms with Crippen molar-refractivity contribution in [2.24, 2.45) is 5.92 Å². The monoisotopic (exact) mass is 303 g/mol. The van der Waals surface area contributed by atoms with Crippen LogP contribution < -0.4 is 0 Å². The molecule has 1 unspecified atom stereocenters. The molecule has 8 nitrogen and oxygen atoms in total. The maximum absolute atomic E-state index is 12.3. The number of carboxylic acids is 1. The Labute approximate surface area is 116 Å². The number of hydrogen-bond donors (Lipinski definition) is 2. The summed E-state index contributed by atoms with van der Waals surface area (Å²) in [5.41, 5.74) is 0. The Balaban J connectivity index is 2.11. The lowest BCUT2D eigenvalue weighted by Gasteiger charge is -2.14. The van der Waals surface area contributed by atoms with E-state index in [1.165, 1.54) is 10.5 Å². The van der Waals surface area contributed by atoms with Crippen LogP contribution in [0.3, 0.4) is 0 Å². The van der Waals surface area contributed by atoms with Crippen LogP contribution in [0.2, 0.25) is 0 Å². The highest BCUT2D eigenvalue weighted by molar-refractivity contribution is 7.89. The van der Waals surface area contributed by atoms with E-state index in [4.69, 9.17) is 10.2 Å².